The number of anilines is 2. The number of carboxylic acid groups (broad SMARTS) is 3. The summed E-state index contributed by atoms with van der Waals surface area (Å²) in [5.41, 5.74) is 11.8. The minimum atomic E-state index is -1.12. The van der Waals surface area contributed by atoms with E-state index in [0.29, 0.717) is 55.4 Å². The van der Waals surface area contributed by atoms with Gasteiger partial charge in [-0.1, -0.05) is 31.2 Å². The van der Waals surface area contributed by atoms with E-state index >= 15 is 0 Å². The normalized spacial score (nSPS) is 15.0. The summed E-state index contributed by atoms with van der Waals surface area (Å²) in [4.78, 5) is 147. The van der Waals surface area contributed by atoms with Gasteiger partial charge in [0.15, 0.2) is 12.2 Å². The number of aromatic hydroxyl groups is 1. The molecule has 1 fully saturated rings. The van der Waals surface area contributed by atoms with Gasteiger partial charge in [0.25, 0.3) is 10.9 Å². The maximum atomic E-state index is 13.4. The van der Waals surface area contributed by atoms with Gasteiger partial charge in [0.2, 0.25) is 23.6 Å². The zero-order valence-electron chi connectivity index (χ0n) is 49.4. The van der Waals surface area contributed by atoms with Crippen molar-refractivity contribution in [1.82, 2.24) is 56.8 Å². The fourth-order valence-corrected chi connectivity index (χ4v) is 8.99. The smallest absolute Gasteiger partial charge is 0.321 e. The molecule has 32 nitrogen and oxygen atoms in total. The van der Waals surface area contributed by atoms with Gasteiger partial charge in [-0.15, -0.1) is 0 Å². The molecular formula is C56H84N16O16. The summed E-state index contributed by atoms with van der Waals surface area (Å²) >= 11 is 0. The fourth-order valence-electron chi connectivity index (χ4n) is 8.99. The van der Waals surface area contributed by atoms with E-state index in [9.17, 15) is 73.2 Å². The third-order valence-electron chi connectivity index (χ3n) is 13.7. The van der Waals surface area contributed by atoms with Crippen LogP contribution in [0.4, 0.5) is 16.2 Å². The minimum Gasteiger partial charge on any atom is -0.508 e. The lowest BCUT2D eigenvalue weighted by Gasteiger charge is -2.36. The Morgan fingerprint density at radius 2 is 1.24 bits per heavy atom. The van der Waals surface area contributed by atoms with Crippen LogP contribution in [-0.4, -0.2) is 243 Å². The average Bonchev–Trinajstić information content (AvgIpc) is 1.80. The largest absolute Gasteiger partial charge is 0.508 e. The molecule has 484 valence electrons. The Labute approximate surface area is 508 Å². The van der Waals surface area contributed by atoms with Crippen LogP contribution in [0.25, 0.3) is 0 Å². The maximum Gasteiger partial charge on any atom is 0.321 e. The number of benzene rings is 2. The van der Waals surface area contributed by atoms with Crippen LogP contribution in [0.3, 0.4) is 0 Å². The molecule has 0 radical (unpaired) electrons. The van der Waals surface area contributed by atoms with Crippen molar-refractivity contribution in [2.75, 3.05) is 135 Å². The van der Waals surface area contributed by atoms with E-state index in [4.69, 9.17) is 16.2 Å². The Morgan fingerprint density at radius 1 is 0.670 bits per heavy atom. The topological polar surface area (TPSA) is 464 Å². The Hall–Kier alpha value is -8.82. The number of aliphatic carboxylic acids is 3. The maximum absolute atomic E-state index is 13.4. The molecule has 0 saturated carbocycles. The van der Waals surface area contributed by atoms with E-state index in [1.54, 1.807) is 62.9 Å². The molecular weight excluding hydrogens is 1150 g/mol. The average molecular weight is 1240 g/mol. The summed E-state index contributed by atoms with van der Waals surface area (Å²) in [5.74, 6) is -4.60. The number of carbonyl (C=O) groups is 9. The van der Waals surface area contributed by atoms with Gasteiger partial charge in [-0.25, -0.2) is 4.79 Å². The molecule has 88 heavy (non-hydrogen) atoms. The van der Waals surface area contributed by atoms with Crippen molar-refractivity contribution in [2.45, 2.75) is 70.2 Å². The number of aliphatic imine (C=N–C) groups is 1. The highest BCUT2D eigenvalue weighted by Gasteiger charge is 2.28. The second-order valence-electron chi connectivity index (χ2n) is 20.5. The van der Waals surface area contributed by atoms with Crippen molar-refractivity contribution >= 4 is 71.2 Å². The summed E-state index contributed by atoms with van der Waals surface area (Å²) in [7, 11) is 0. The monoisotopic (exact) mass is 1240 g/mol. The number of carboxylic acids is 3. The van der Waals surface area contributed by atoms with E-state index in [-0.39, 0.29) is 166 Å². The van der Waals surface area contributed by atoms with Gasteiger partial charge < -0.3 is 78.6 Å². The zero-order chi connectivity index (χ0) is 64.4. The van der Waals surface area contributed by atoms with Crippen LogP contribution in [0.5, 0.6) is 11.5 Å². The van der Waals surface area contributed by atoms with Crippen LogP contribution in [0.15, 0.2) is 63.1 Å². The van der Waals surface area contributed by atoms with Crippen molar-refractivity contribution in [1.29, 1.82) is 0 Å². The Morgan fingerprint density at radius 3 is 1.82 bits per heavy atom. The Kier molecular flexibility index (Phi) is 31.8. The first-order valence-electron chi connectivity index (χ1n) is 28.9. The molecule has 4 rings (SSSR count). The van der Waals surface area contributed by atoms with Crippen molar-refractivity contribution in [2.24, 2.45) is 16.5 Å². The number of phenols is 1. The third kappa shape index (κ3) is 27.3. The number of nitrogens with one attached hydrogen (secondary N) is 9. The summed E-state index contributed by atoms with van der Waals surface area (Å²) in [6.07, 6.45) is 1.18. The number of guanidine groups is 1. The predicted octanol–water partition coefficient (Wildman–Crippen LogP) is -4.03. The number of hydrogen-bond donors (Lipinski definition) is 15. The number of carbonyl (C=O) groups excluding carboxylic acids is 6. The summed E-state index contributed by atoms with van der Waals surface area (Å²) in [6, 6.07) is 10.4. The molecule has 3 aromatic carbocycles. The predicted molar refractivity (Wildman–Crippen MR) is 323 cm³/mol. The van der Waals surface area contributed by atoms with Gasteiger partial charge in [0.1, 0.15) is 41.1 Å². The first-order chi connectivity index (χ1) is 42.2. The van der Waals surface area contributed by atoms with Gasteiger partial charge in [-0.2, -0.15) is 0 Å². The lowest BCUT2D eigenvalue weighted by atomic mass is 10.1. The third-order valence-corrected chi connectivity index (χ3v) is 13.7. The number of rotatable bonds is 37. The molecule has 1 aliphatic rings. The highest BCUT2D eigenvalue weighted by Crippen LogP contribution is 2.17. The fraction of sp³-hybridized carbons (Fsp3) is 0.536. The first kappa shape index (κ1) is 71.7. The van der Waals surface area contributed by atoms with Crippen molar-refractivity contribution in [3.05, 3.63) is 80.1 Å². The zero-order valence-corrected chi connectivity index (χ0v) is 49.4. The molecule has 32 heteroatoms. The molecule has 1 unspecified atom stereocenters. The number of nitrogens with zero attached hydrogens (tertiary/aromatic N) is 5. The minimum absolute atomic E-state index is 0.0251. The second kappa shape index (κ2) is 39.1. The second-order valence-corrected chi connectivity index (χ2v) is 20.5. The SMILES string of the molecule is CCC(=O)NCCNC(=O)NC(N)=NCCC[C@@H](NC(=O)Cc1cccc(OCCCCNc2c(NCCNC(=O)[C@@H](CN)NC(C=O)N3CCN(CC(=O)O)CCN(CC(=O)O)CCN(CC(=O)O)CC3)c(=O)c2=O)c1)C(=O)NCc1ccc(O)cc1. The lowest BCUT2D eigenvalue weighted by Crippen LogP contribution is -2.60. The number of phenolic OH excluding ortho intramolecular Hbond substituents is 1. The summed E-state index contributed by atoms with van der Waals surface area (Å²) in [6.45, 7) is 2.75. The highest BCUT2D eigenvalue weighted by molar-refractivity contribution is 5.95. The quantitative estimate of drug-likeness (QED) is 0.00859. The molecule has 6 amide bonds. The van der Waals surface area contributed by atoms with Crippen LogP contribution in [0, 0.1) is 0 Å². The molecule has 0 spiro atoms. The number of amides is 6. The van der Waals surface area contributed by atoms with Crippen LogP contribution >= 0.6 is 0 Å². The van der Waals surface area contributed by atoms with E-state index in [1.807, 2.05) is 0 Å². The molecule has 1 aliphatic heterocycles. The van der Waals surface area contributed by atoms with E-state index in [2.05, 4.69) is 52.8 Å². The molecule has 17 N–H and O–H groups in total. The van der Waals surface area contributed by atoms with Crippen molar-refractivity contribution in [3.63, 3.8) is 0 Å². The molecule has 0 bridgehead atoms. The molecule has 0 aromatic heterocycles. The number of hydrogen-bond acceptors (Lipinski definition) is 22. The molecule has 0 aliphatic carbocycles. The van der Waals surface area contributed by atoms with Gasteiger partial charge in [0, 0.05) is 111 Å². The molecule has 1 saturated heterocycles. The standard InChI is InChI=1S/C56H84N16O16/c1-2-44(75)59-16-19-64-56(87)68-55(58)63-15-6-9-41(53(85)65-32-37-10-12-39(74)13-11-37)67-45(76)30-38-7-5-8-40(29-38)88-28-4-3-14-60-49-50(52(84)51(49)83)61-17-18-62-54(86)42(31-57)66-43(36-73)72-26-24-70(34-47(79)80)22-20-69(33-46(77)78)21-23-71(25-27-72)35-48(81)82/h5,7-8,10-13,29,36,41-43,60-61,66,74H,2-4,6,9,14-28,30-35,57H2,1H3,(H,59,75)(H,62,86)(H,65,85)(H,67,76)(H,77,78)(H,79,80)(H,81,82)(H4,58,63,64,68,87)/t41-,42-,43?/m1/s1. The van der Waals surface area contributed by atoms with Crippen molar-refractivity contribution in [3.8, 4) is 11.5 Å². The van der Waals surface area contributed by atoms with E-state index in [0.717, 1.165) is 0 Å². The molecule has 3 aromatic rings. The highest BCUT2D eigenvalue weighted by atomic mass is 16.5. The molecule has 1 heterocycles. The number of ether oxygens (including phenoxy) is 1. The summed E-state index contributed by atoms with van der Waals surface area (Å²) in [5, 5.41) is 62.9. The van der Waals surface area contributed by atoms with Crippen molar-refractivity contribution < 1.29 is 68.3 Å². The van der Waals surface area contributed by atoms with Crippen LogP contribution in [-0.2, 0) is 51.3 Å². The van der Waals surface area contributed by atoms with Crippen LogP contribution in [0.2, 0.25) is 0 Å². The number of unbranched alkanes of at least 4 members (excludes halogenated alkanes) is 1. The number of aldehydes is 1. The molecule has 3 atom stereocenters. The van der Waals surface area contributed by atoms with Gasteiger partial charge in [-0.3, -0.25) is 78.4 Å². The van der Waals surface area contributed by atoms with Gasteiger partial charge >= 0.3 is 23.9 Å². The Balaban J connectivity index is 1.22. The number of urea groups is 1. The van der Waals surface area contributed by atoms with Gasteiger partial charge in [-0.05, 0) is 61.1 Å². The Bertz CT molecular complexity index is 2840. The first-order valence-corrected chi connectivity index (χ1v) is 28.9. The number of nitrogens with two attached hydrogens (primary N) is 2. The summed E-state index contributed by atoms with van der Waals surface area (Å²) < 4.78 is 5.94. The van der Waals surface area contributed by atoms with Crippen LogP contribution < -0.4 is 74.9 Å². The van der Waals surface area contributed by atoms with E-state index < -0.39 is 70.8 Å². The van der Waals surface area contributed by atoms with Gasteiger partial charge in [0.05, 0.1) is 32.7 Å². The lowest BCUT2D eigenvalue weighted by molar-refractivity contribution is -0.140. The van der Waals surface area contributed by atoms with E-state index in [1.165, 1.54) is 12.1 Å². The van der Waals surface area contributed by atoms with Crippen LogP contribution in [0.1, 0.15) is 50.2 Å².